The Labute approximate surface area is 115 Å². The van der Waals surface area contributed by atoms with E-state index in [2.05, 4.69) is 5.32 Å². The van der Waals surface area contributed by atoms with Crippen molar-refractivity contribution >= 4 is 17.6 Å². The lowest BCUT2D eigenvalue weighted by Gasteiger charge is -2.18. The summed E-state index contributed by atoms with van der Waals surface area (Å²) in [7, 11) is 0. The van der Waals surface area contributed by atoms with Crippen LogP contribution in [-0.2, 0) is 16.1 Å². The molecule has 0 bridgehead atoms. The number of para-hydroxylation sites is 1. The van der Waals surface area contributed by atoms with E-state index in [0.717, 1.165) is 0 Å². The van der Waals surface area contributed by atoms with Crippen molar-refractivity contribution in [2.75, 3.05) is 0 Å². The topological polar surface area (TPSA) is 110 Å². The second-order valence-corrected chi connectivity index (χ2v) is 5.03. The van der Waals surface area contributed by atoms with Gasteiger partial charge >= 0.3 is 5.97 Å². The van der Waals surface area contributed by atoms with Gasteiger partial charge in [-0.2, -0.15) is 0 Å². The summed E-state index contributed by atoms with van der Waals surface area (Å²) >= 11 is 0. The van der Waals surface area contributed by atoms with Crippen LogP contribution >= 0.6 is 0 Å². The van der Waals surface area contributed by atoms with Crippen molar-refractivity contribution in [2.24, 2.45) is 5.41 Å². The summed E-state index contributed by atoms with van der Waals surface area (Å²) in [5.74, 6) is -1.53. The molecular weight excluding hydrogens is 264 g/mol. The molecule has 0 saturated heterocycles. The number of benzene rings is 1. The summed E-state index contributed by atoms with van der Waals surface area (Å²) in [6.45, 7) is 2.88. The van der Waals surface area contributed by atoms with Crippen molar-refractivity contribution in [3.63, 3.8) is 0 Å². The molecule has 1 rings (SSSR count). The zero-order valence-corrected chi connectivity index (χ0v) is 11.3. The maximum atomic E-state index is 11.7. The summed E-state index contributed by atoms with van der Waals surface area (Å²) in [5, 5.41) is 22.2. The summed E-state index contributed by atoms with van der Waals surface area (Å²) in [5.41, 5.74) is -0.878. The van der Waals surface area contributed by atoms with Crippen molar-refractivity contribution in [2.45, 2.75) is 26.8 Å². The average Bonchev–Trinajstić information content (AvgIpc) is 2.35. The van der Waals surface area contributed by atoms with Gasteiger partial charge in [0.1, 0.15) is 0 Å². The Hall–Kier alpha value is -2.44. The van der Waals surface area contributed by atoms with E-state index in [4.69, 9.17) is 5.11 Å². The minimum atomic E-state index is -1.17. The molecule has 1 amide bonds. The highest BCUT2D eigenvalue weighted by Gasteiger charge is 2.30. The highest BCUT2D eigenvalue weighted by atomic mass is 16.6. The van der Waals surface area contributed by atoms with E-state index >= 15 is 0 Å². The van der Waals surface area contributed by atoms with E-state index in [9.17, 15) is 19.7 Å². The molecule has 0 radical (unpaired) electrons. The molecule has 20 heavy (non-hydrogen) atoms. The van der Waals surface area contributed by atoms with E-state index in [-0.39, 0.29) is 18.7 Å². The first kappa shape index (κ1) is 15.6. The molecule has 0 spiro atoms. The maximum Gasteiger partial charge on any atom is 0.309 e. The Morgan fingerprint density at radius 2 is 1.95 bits per heavy atom. The molecule has 0 heterocycles. The van der Waals surface area contributed by atoms with Crippen molar-refractivity contribution in [1.82, 2.24) is 5.32 Å². The van der Waals surface area contributed by atoms with Crippen LogP contribution < -0.4 is 5.32 Å². The van der Waals surface area contributed by atoms with Crippen LogP contribution in [0, 0.1) is 15.5 Å². The number of carbonyl (C=O) groups excluding carboxylic acids is 1. The van der Waals surface area contributed by atoms with Gasteiger partial charge in [-0.3, -0.25) is 19.7 Å². The lowest BCUT2D eigenvalue weighted by molar-refractivity contribution is -0.385. The number of rotatable bonds is 6. The molecule has 1 aromatic rings. The zero-order chi connectivity index (χ0) is 15.3. The van der Waals surface area contributed by atoms with Crippen LogP contribution in [0.5, 0.6) is 0 Å². The molecule has 7 nitrogen and oxygen atoms in total. The third kappa shape index (κ3) is 4.04. The molecule has 2 N–H and O–H groups in total. The fourth-order valence-corrected chi connectivity index (χ4v) is 1.57. The van der Waals surface area contributed by atoms with Gasteiger partial charge in [0.2, 0.25) is 5.91 Å². The van der Waals surface area contributed by atoms with E-state index in [1.807, 2.05) is 0 Å². The summed E-state index contributed by atoms with van der Waals surface area (Å²) in [6.07, 6.45) is -0.192. The average molecular weight is 280 g/mol. The standard InChI is InChI=1S/C13H16N2O5/c1-13(2,12(17)18)7-11(16)14-8-9-5-3-4-6-10(9)15(19)20/h3-6H,7-8H2,1-2H3,(H,14,16)(H,17,18). The minimum absolute atomic E-state index is 0.00825. The summed E-state index contributed by atoms with van der Waals surface area (Å²) < 4.78 is 0. The van der Waals surface area contributed by atoms with E-state index in [1.54, 1.807) is 12.1 Å². The molecule has 0 aliphatic heterocycles. The SMILES string of the molecule is CC(C)(CC(=O)NCc1ccccc1[N+](=O)[O-])C(=O)O. The Kier molecular flexibility index (Phi) is 4.79. The highest BCUT2D eigenvalue weighted by Crippen LogP contribution is 2.21. The van der Waals surface area contributed by atoms with E-state index in [1.165, 1.54) is 26.0 Å². The first-order chi connectivity index (χ1) is 9.24. The Morgan fingerprint density at radius 3 is 2.50 bits per heavy atom. The summed E-state index contributed by atoms with van der Waals surface area (Å²) in [4.78, 5) is 32.9. The van der Waals surface area contributed by atoms with Crippen molar-refractivity contribution in [1.29, 1.82) is 0 Å². The molecule has 0 aromatic heterocycles. The predicted molar refractivity (Wildman–Crippen MR) is 71.0 cm³/mol. The molecule has 7 heteroatoms. The van der Waals surface area contributed by atoms with Crippen LogP contribution in [-0.4, -0.2) is 21.9 Å². The minimum Gasteiger partial charge on any atom is -0.481 e. The smallest absolute Gasteiger partial charge is 0.309 e. The van der Waals surface area contributed by atoms with E-state index in [0.29, 0.717) is 5.56 Å². The highest BCUT2D eigenvalue weighted by molar-refractivity contribution is 5.84. The maximum absolute atomic E-state index is 11.7. The van der Waals surface area contributed by atoms with Crippen molar-refractivity contribution < 1.29 is 19.6 Å². The summed E-state index contributed by atoms with van der Waals surface area (Å²) in [6, 6.07) is 6.07. The van der Waals surface area contributed by atoms with Crippen LogP contribution in [0.1, 0.15) is 25.8 Å². The van der Waals surface area contributed by atoms with Gasteiger partial charge in [-0.05, 0) is 13.8 Å². The normalized spacial score (nSPS) is 10.9. The number of carbonyl (C=O) groups is 2. The first-order valence-electron chi connectivity index (χ1n) is 5.96. The molecule has 0 atom stereocenters. The van der Waals surface area contributed by atoms with Crippen LogP contribution in [0.15, 0.2) is 24.3 Å². The first-order valence-corrected chi connectivity index (χ1v) is 5.96. The number of amides is 1. The molecule has 0 fully saturated rings. The predicted octanol–water partition coefficient (Wildman–Crippen LogP) is 1.71. The third-order valence-electron chi connectivity index (χ3n) is 2.85. The van der Waals surface area contributed by atoms with Gasteiger partial charge in [0, 0.05) is 24.6 Å². The number of nitro groups is 1. The quantitative estimate of drug-likeness (QED) is 0.609. The van der Waals surface area contributed by atoms with Gasteiger partial charge in [-0.1, -0.05) is 18.2 Å². The fraction of sp³-hybridized carbons (Fsp3) is 0.385. The van der Waals surface area contributed by atoms with Gasteiger partial charge in [-0.25, -0.2) is 0 Å². The number of carboxylic acid groups (broad SMARTS) is 1. The third-order valence-corrected chi connectivity index (χ3v) is 2.85. The number of nitrogens with one attached hydrogen (secondary N) is 1. The number of hydrogen-bond acceptors (Lipinski definition) is 4. The van der Waals surface area contributed by atoms with Crippen molar-refractivity contribution in [3.8, 4) is 0 Å². The number of nitrogens with zero attached hydrogens (tertiary/aromatic N) is 1. The number of carboxylic acids is 1. The number of nitro benzene ring substituents is 1. The van der Waals surface area contributed by atoms with Crippen LogP contribution in [0.4, 0.5) is 5.69 Å². The largest absolute Gasteiger partial charge is 0.481 e. The van der Waals surface area contributed by atoms with Crippen LogP contribution in [0.25, 0.3) is 0 Å². The Morgan fingerprint density at radius 1 is 1.35 bits per heavy atom. The fourth-order valence-electron chi connectivity index (χ4n) is 1.57. The van der Waals surface area contributed by atoms with Crippen LogP contribution in [0.3, 0.4) is 0 Å². The molecule has 0 aliphatic carbocycles. The number of hydrogen-bond donors (Lipinski definition) is 2. The van der Waals surface area contributed by atoms with Crippen LogP contribution in [0.2, 0.25) is 0 Å². The van der Waals surface area contributed by atoms with Crippen molar-refractivity contribution in [3.05, 3.63) is 39.9 Å². The monoisotopic (exact) mass is 280 g/mol. The molecule has 0 saturated carbocycles. The Balaban J connectivity index is 2.67. The van der Waals surface area contributed by atoms with Gasteiger partial charge < -0.3 is 10.4 Å². The van der Waals surface area contributed by atoms with Gasteiger partial charge in [0.25, 0.3) is 5.69 Å². The molecular formula is C13H16N2O5. The van der Waals surface area contributed by atoms with Gasteiger partial charge in [0.15, 0.2) is 0 Å². The molecule has 1 aromatic carbocycles. The zero-order valence-electron chi connectivity index (χ0n) is 11.3. The van der Waals surface area contributed by atoms with Gasteiger partial charge in [0.05, 0.1) is 10.3 Å². The second kappa shape index (κ2) is 6.14. The molecule has 0 aliphatic rings. The number of aliphatic carboxylic acids is 1. The lowest BCUT2D eigenvalue weighted by atomic mass is 9.89. The van der Waals surface area contributed by atoms with Gasteiger partial charge in [-0.15, -0.1) is 0 Å². The lowest BCUT2D eigenvalue weighted by Crippen LogP contribution is -2.33. The van der Waals surface area contributed by atoms with E-state index < -0.39 is 22.2 Å². The second-order valence-electron chi connectivity index (χ2n) is 5.03. The Bertz CT molecular complexity index is 539. The molecule has 108 valence electrons. The molecule has 0 unspecified atom stereocenters.